The van der Waals surface area contributed by atoms with Crippen LogP contribution in [0.4, 0.5) is 0 Å². The van der Waals surface area contributed by atoms with E-state index < -0.39 is 0 Å². The standard InChI is InChI=1S/C9H14N2/c1-11(2,3)8-9-5-4-6-10-7-9/h4-7H,1,8H2,2-3H3. The fourth-order valence-corrected chi connectivity index (χ4v) is 0.986. The van der Waals surface area contributed by atoms with Crippen molar-refractivity contribution in [3.8, 4) is 0 Å². The average molecular weight is 150 g/mol. The largest absolute Gasteiger partial charge is 0.458 e. The first-order valence-corrected chi connectivity index (χ1v) is 3.64. The lowest BCUT2D eigenvalue weighted by Crippen LogP contribution is -2.30. The van der Waals surface area contributed by atoms with Gasteiger partial charge < -0.3 is 4.48 Å². The van der Waals surface area contributed by atoms with Crippen molar-refractivity contribution >= 4 is 0 Å². The highest BCUT2D eigenvalue weighted by Gasteiger charge is 2.01. The molecule has 0 bridgehead atoms. The molecule has 0 radical (unpaired) electrons. The zero-order valence-corrected chi connectivity index (χ0v) is 7.12. The molecule has 0 spiro atoms. The smallest absolute Gasteiger partial charge is 0.0814 e. The molecule has 0 unspecified atom stereocenters. The summed E-state index contributed by atoms with van der Waals surface area (Å²) in [5, 5.41) is 0. The molecule has 0 aliphatic carbocycles. The zero-order chi connectivity index (χ0) is 8.32. The van der Waals surface area contributed by atoms with E-state index in [1.54, 1.807) is 6.20 Å². The molecule has 0 amide bonds. The molecular weight excluding hydrogens is 136 g/mol. The van der Waals surface area contributed by atoms with Crippen LogP contribution in [-0.2, 0) is 6.54 Å². The van der Waals surface area contributed by atoms with Gasteiger partial charge in [-0.25, -0.2) is 0 Å². The summed E-state index contributed by atoms with van der Waals surface area (Å²) in [6.07, 6.45) is 3.66. The summed E-state index contributed by atoms with van der Waals surface area (Å²) >= 11 is 0. The predicted octanol–water partition coefficient (Wildman–Crippen LogP) is 1.45. The van der Waals surface area contributed by atoms with Crippen molar-refractivity contribution in [3.63, 3.8) is 0 Å². The summed E-state index contributed by atoms with van der Waals surface area (Å²) in [4.78, 5) is 4.03. The van der Waals surface area contributed by atoms with Gasteiger partial charge in [-0.15, -0.1) is 7.05 Å². The summed E-state index contributed by atoms with van der Waals surface area (Å²) < 4.78 is 0.700. The zero-order valence-electron chi connectivity index (χ0n) is 7.12. The second-order valence-electron chi connectivity index (χ2n) is 3.46. The van der Waals surface area contributed by atoms with Gasteiger partial charge in [-0.05, 0) is 6.07 Å². The molecule has 0 N–H and O–H groups in total. The first-order chi connectivity index (χ1) is 5.08. The van der Waals surface area contributed by atoms with Crippen LogP contribution >= 0.6 is 0 Å². The van der Waals surface area contributed by atoms with Gasteiger partial charge in [0.2, 0.25) is 0 Å². The maximum absolute atomic E-state index is 4.03. The van der Waals surface area contributed by atoms with E-state index in [1.165, 1.54) is 5.56 Å². The molecule has 0 fully saturated rings. The molecule has 2 nitrogen and oxygen atoms in total. The third kappa shape index (κ3) is 3.14. The Balaban J connectivity index is 2.66. The van der Waals surface area contributed by atoms with Crippen molar-refractivity contribution in [2.24, 2.45) is 0 Å². The number of rotatable bonds is 2. The van der Waals surface area contributed by atoms with E-state index in [0.29, 0.717) is 4.48 Å². The first-order valence-electron chi connectivity index (χ1n) is 3.64. The van der Waals surface area contributed by atoms with Gasteiger partial charge in [-0.1, -0.05) is 6.07 Å². The summed E-state index contributed by atoms with van der Waals surface area (Å²) in [5.41, 5.74) is 1.23. The Morgan fingerprint density at radius 2 is 2.27 bits per heavy atom. The van der Waals surface area contributed by atoms with Gasteiger partial charge in [0.25, 0.3) is 0 Å². The Bertz CT molecular complexity index is 211. The quantitative estimate of drug-likeness (QED) is 0.459. The molecule has 1 aromatic heterocycles. The Morgan fingerprint density at radius 3 is 2.73 bits per heavy atom. The molecule has 0 saturated heterocycles. The van der Waals surface area contributed by atoms with E-state index in [1.807, 2.05) is 12.3 Å². The lowest BCUT2D eigenvalue weighted by molar-refractivity contribution is -0.859. The number of quaternary nitrogens is 1. The summed E-state index contributed by atoms with van der Waals surface area (Å²) in [6, 6.07) is 4.02. The van der Waals surface area contributed by atoms with Gasteiger partial charge in [-0.2, -0.15) is 0 Å². The van der Waals surface area contributed by atoms with E-state index in [2.05, 4.69) is 32.2 Å². The van der Waals surface area contributed by atoms with Gasteiger partial charge in [0.1, 0.15) is 0 Å². The topological polar surface area (TPSA) is 12.9 Å². The molecule has 1 rings (SSSR count). The van der Waals surface area contributed by atoms with E-state index in [4.69, 9.17) is 0 Å². The molecule has 0 aliphatic rings. The summed E-state index contributed by atoms with van der Waals surface area (Å²) in [6.45, 7) is 0.924. The number of aromatic nitrogens is 1. The minimum atomic E-state index is 0.700. The van der Waals surface area contributed by atoms with Crippen molar-refractivity contribution in [2.75, 3.05) is 14.1 Å². The van der Waals surface area contributed by atoms with Crippen molar-refractivity contribution in [2.45, 2.75) is 6.54 Å². The van der Waals surface area contributed by atoms with Crippen LogP contribution < -0.4 is 0 Å². The minimum absolute atomic E-state index is 0.700. The van der Waals surface area contributed by atoms with Crippen molar-refractivity contribution in [1.29, 1.82) is 0 Å². The maximum atomic E-state index is 4.03. The van der Waals surface area contributed by atoms with Gasteiger partial charge in [0, 0.05) is 32.1 Å². The third-order valence-corrected chi connectivity index (χ3v) is 1.33. The molecular formula is C9H14N2. The molecule has 60 valence electrons. The van der Waals surface area contributed by atoms with Crippen LogP contribution in [0.5, 0.6) is 0 Å². The fraction of sp³-hybridized carbons (Fsp3) is 0.333. The van der Waals surface area contributed by atoms with Crippen LogP contribution in [0.3, 0.4) is 0 Å². The third-order valence-electron chi connectivity index (χ3n) is 1.33. The molecule has 0 saturated carbocycles. The van der Waals surface area contributed by atoms with Crippen molar-refractivity contribution in [1.82, 2.24) is 4.98 Å². The maximum Gasteiger partial charge on any atom is 0.0814 e. The lowest BCUT2D eigenvalue weighted by atomic mass is 10.2. The van der Waals surface area contributed by atoms with Crippen LogP contribution in [0.2, 0.25) is 0 Å². The Labute approximate surface area is 68.1 Å². The first kappa shape index (κ1) is 8.21. The monoisotopic (exact) mass is 150 g/mol. The second kappa shape index (κ2) is 3.01. The highest BCUT2D eigenvalue weighted by Crippen LogP contribution is 2.04. The molecule has 0 atom stereocenters. The lowest BCUT2D eigenvalue weighted by Gasteiger charge is -2.32. The Hall–Kier alpha value is -0.890. The van der Waals surface area contributed by atoms with Crippen molar-refractivity contribution in [3.05, 3.63) is 37.1 Å². The van der Waals surface area contributed by atoms with Crippen LogP contribution in [0.15, 0.2) is 24.5 Å². The summed E-state index contributed by atoms with van der Waals surface area (Å²) in [7, 11) is 8.10. The number of hydrogen-bond acceptors (Lipinski definition) is 1. The second-order valence-corrected chi connectivity index (χ2v) is 3.46. The number of nitrogens with zero attached hydrogens (tertiary/aromatic N) is 2. The van der Waals surface area contributed by atoms with E-state index in [-0.39, 0.29) is 0 Å². The highest BCUT2D eigenvalue weighted by atomic mass is 15.3. The average Bonchev–Trinajstić information content (AvgIpc) is 1.85. The SMILES string of the molecule is [CH2-][N+](C)(C)Cc1cccnc1. The summed E-state index contributed by atoms with van der Waals surface area (Å²) in [5.74, 6) is 0. The Kier molecular flexibility index (Phi) is 2.25. The van der Waals surface area contributed by atoms with E-state index >= 15 is 0 Å². The normalized spacial score (nSPS) is 11.5. The molecule has 1 aromatic rings. The molecule has 11 heavy (non-hydrogen) atoms. The Morgan fingerprint density at radius 1 is 1.55 bits per heavy atom. The van der Waals surface area contributed by atoms with Crippen LogP contribution in [0.25, 0.3) is 0 Å². The minimum Gasteiger partial charge on any atom is -0.458 e. The highest BCUT2D eigenvalue weighted by molar-refractivity contribution is 5.06. The molecule has 0 aliphatic heterocycles. The van der Waals surface area contributed by atoms with E-state index in [9.17, 15) is 0 Å². The molecule has 1 heterocycles. The van der Waals surface area contributed by atoms with Gasteiger partial charge in [0.15, 0.2) is 0 Å². The van der Waals surface area contributed by atoms with Gasteiger partial charge in [-0.3, -0.25) is 4.98 Å². The van der Waals surface area contributed by atoms with Crippen LogP contribution in [0, 0.1) is 7.05 Å². The molecule has 0 aromatic carbocycles. The van der Waals surface area contributed by atoms with E-state index in [0.717, 1.165) is 6.54 Å². The molecule has 2 heteroatoms. The predicted molar refractivity (Wildman–Crippen MR) is 45.4 cm³/mol. The number of hydrogen-bond donors (Lipinski definition) is 0. The number of pyridine rings is 1. The van der Waals surface area contributed by atoms with Gasteiger partial charge in [0.05, 0.1) is 6.54 Å². The van der Waals surface area contributed by atoms with Crippen LogP contribution in [-0.4, -0.2) is 23.6 Å². The van der Waals surface area contributed by atoms with Crippen molar-refractivity contribution < 1.29 is 4.48 Å². The fourth-order valence-electron chi connectivity index (χ4n) is 0.986. The van der Waals surface area contributed by atoms with Gasteiger partial charge >= 0.3 is 0 Å². The van der Waals surface area contributed by atoms with Crippen LogP contribution in [0.1, 0.15) is 5.56 Å².